The minimum absolute atomic E-state index is 0.0917. The van der Waals surface area contributed by atoms with Gasteiger partial charge in [0.15, 0.2) is 12.4 Å². The predicted molar refractivity (Wildman–Crippen MR) is 121 cm³/mol. The third kappa shape index (κ3) is 5.87. The summed E-state index contributed by atoms with van der Waals surface area (Å²) in [6, 6.07) is 16.9. The Balaban J connectivity index is 1.74. The zero-order valence-corrected chi connectivity index (χ0v) is 18.7. The SMILES string of the molecule is Cc1cc(Br)ccc1NC(CC(=O)c1ccccc1)C(=O)OCC(=O)c1cccs1. The summed E-state index contributed by atoms with van der Waals surface area (Å²) in [4.78, 5) is 38.2. The van der Waals surface area contributed by atoms with Gasteiger partial charge >= 0.3 is 5.97 Å². The molecule has 1 N–H and O–H groups in total. The maximum atomic E-state index is 12.8. The van der Waals surface area contributed by atoms with Crippen molar-refractivity contribution < 1.29 is 19.1 Å². The second-order valence-electron chi connectivity index (χ2n) is 6.66. The zero-order chi connectivity index (χ0) is 21.5. The molecule has 0 radical (unpaired) electrons. The van der Waals surface area contributed by atoms with E-state index < -0.39 is 12.0 Å². The molecular weight excluding hydrogens is 466 g/mol. The molecule has 0 spiro atoms. The lowest BCUT2D eigenvalue weighted by Crippen LogP contribution is -2.35. The Kier molecular flexibility index (Phi) is 7.54. The van der Waals surface area contributed by atoms with Crippen LogP contribution >= 0.6 is 27.3 Å². The second kappa shape index (κ2) is 10.3. The number of ether oxygens (including phenoxy) is 1. The first-order valence-corrected chi connectivity index (χ1v) is 11.0. The topological polar surface area (TPSA) is 72.5 Å². The third-order valence-electron chi connectivity index (χ3n) is 4.43. The van der Waals surface area contributed by atoms with E-state index in [1.54, 1.807) is 41.8 Å². The Morgan fingerprint density at radius 1 is 1.03 bits per heavy atom. The Morgan fingerprint density at radius 2 is 1.80 bits per heavy atom. The molecule has 1 heterocycles. The number of carbonyl (C=O) groups is 3. The first-order valence-electron chi connectivity index (χ1n) is 9.28. The number of esters is 1. The van der Waals surface area contributed by atoms with E-state index in [2.05, 4.69) is 21.2 Å². The summed E-state index contributed by atoms with van der Waals surface area (Å²) in [6.07, 6.45) is -0.0917. The molecule has 1 aromatic heterocycles. The van der Waals surface area contributed by atoms with E-state index in [9.17, 15) is 14.4 Å². The van der Waals surface area contributed by atoms with E-state index in [-0.39, 0.29) is 24.6 Å². The van der Waals surface area contributed by atoms with Crippen LogP contribution in [-0.2, 0) is 9.53 Å². The lowest BCUT2D eigenvalue weighted by molar-refractivity contribution is -0.143. The fraction of sp³-hybridized carbons (Fsp3) is 0.174. The third-order valence-corrected chi connectivity index (χ3v) is 5.83. The number of ketones is 2. The highest BCUT2D eigenvalue weighted by atomic mass is 79.9. The summed E-state index contributed by atoms with van der Waals surface area (Å²) in [7, 11) is 0. The number of thiophene rings is 1. The molecule has 0 amide bonds. The average molecular weight is 486 g/mol. The van der Waals surface area contributed by atoms with Crippen LogP contribution in [-0.4, -0.2) is 30.2 Å². The Bertz CT molecular complexity index is 1030. The minimum Gasteiger partial charge on any atom is -0.456 e. The van der Waals surface area contributed by atoms with E-state index in [1.807, 2.05) is 31.2 Å². The molecule has 5 nitrogen and oxygen atoms in total. The zero-order valence-electron chi connectivity index (χ0n) is 16.3. The number of Topliss-reactive ketones (excluding diaryl/α,β-unsaturated/α-hetero) is 2. The Labute approximate surface area is 187 Å². The molecule has 3 aromatic rings. The second-order valence-corrected chi connectivity index (χ2v) is 8.52. The molecule has 30 heavy (non-hydrogen) atoms. The van der Waals surface area contributed by atoms with Crippen molar-refractivity contribution in [1.82, 2.24) is 0 Å². The number of halogens is 1. The van der Waals surface area contributed by atoms with Crippen LogP contribution in [0.3, 0.4) is 0 Å². The number of anilines is 1. The normalized spacial score (nSPS) is 11.5. The van der Waals surface area contributed by atoms with Gasteiger partial charge in [0.1, 0.15) is 6.04 Å². The highest BCUT2D eigenvalue weighted by Gasteiger charge is 2.25. The number of hydrogen-bond acceptors (Lipinski definition) is 6. The summed E-state index contributed by atoms with van der Waals surface area (Å²) in [5, 5.41) is 4.89. The van der Waals surface area contributed by atoms with Crippen molar-refractivity contribution in [3.05, 3.63) is 86.5 Å². The van der Waals surface area contributed by atoms with Gasteiger partial charge < -0.3 is 10.1 Å². The molecule has 1 atom stereocenters. The molecule has 0 aliphatic carbocycles. The summed E-state index contributed by atoms with van der Waals surface area (Å²) in [6.45, 7) is 1.53. The maximum Gasteiger partial charge on any atom is 0.329 e. The number of carbonyl (C=O) groups excluding carboxylic acids is 3. The molecule has 0 bridgehead atoms. The molecule has 0 saturated heterocycles. The van der Waals surface area contributed by atoms with E-state index >= 15 is 0 Å². The van der Waals surface area contributed by atoms with E-state index in [0.717, 1.165) is 10.0 Å². The molecule has 0 saturated carbocycles. The smallest absolute Gasteiger partial charge is 0.329 e. The van der Waals surface area contributed by atoms with Gasteiger partial charge in [-0.3, -0.25) is 9.59 Å². The van der Waals surface area contributed by atoms with Crippen molar-refractivity contribution in [2.45, 2.75) is 19.4 Å². The summed E-state index contributed by atoms with van der Waals surface area (Å²) in [5.74, 6) is -1.11. The first-order chi connectivity index (χ1) is 14.4. The molecule has 154 valence electrons. The fourth-order valence-electron chi connectivity index (χ4n) is 2.84. The van der Waals surface area contributed by atoms with Gasteiger partial charge in [0.05, 0.1) is 4.88 Å². The highest BCUT2D eigenvalue weighted by molar-refractivity contribution is 9.10. The number of hydrogen-bond donors (Lipinski definition) is 1. The monoisotopic (exact) mass is 485 g/mol. The van der Waals surface area contributed by atoms with Gasteiger partial charge in [0, 0.05) is 22.1 Å². The van der Waals surface area contributed by atoms with E-state index in [1.165, 1.54) is 11.3 Å². The van der Waals surface area contributed by atoms with Gasteiger partial charge in [-0.15, -0.1) is 11.3 Å². The Morgan fingerprint density at radius 3 is 2.47 bits per heavy atom. The lowest BCUT2D eigenvalue weighted by Gasteiger charge is -2.19. The van der Waals surface area contributed by atoms with Gasteiger partial charge in [-0.1, -0.05) is 52.3 Å². The summed E-state index contributed by atoms with van der Waals surface area (Å²) in [5.41, 5.74) is 2.13. The van der Waals surface area contributed by atoms with Crippen LogP contribution in [0.25, 0.3) is 0 Å². The molecule has 3 rings (SSSR count). The van der Waals surface area contributed by atoms with Gasteiger partial charge in [-0.2, -0.15) is 0 Å². The van der Waals surface area contributed by atoms with Crippen molar-refractivity contribution >= 4 is 50.5 Å². The van der Waals surface area contributed by atoms with Crippen LogP contribution in [0.4, 0.5) is 5.69 Å². The largest absolute Gasteiger partial charge is 0.456 e. The summed E-state index contributed by atoms with van der Waals surface area (Å²) >= 11 is 4.70. The van der Waals surface area contributed by atoms with E-state index in [4.69, 9.17) is 4.74 Å². The Hall–Kier alpha value is -2.77. The molecule has 7 heteroatoms. The highest BCUT2D eigenvalue weighted by Crippen LogP contribution is 2.22. The fourth-order valence-corrected chi connectivity index (χ4v) is 3.97. The van der Waals surface area contributed by atoms with Crippen LogP contribution in [0.5, 0.6) is 0 Å². The summed E-state index contributed by atoms with van der Waals surface area (Å²) < 4.78 is 6.17. The van der Waals surface area contributed by atoms with Crippen molar-refractivity contribution in [2.75, 3.05) is 11.9 Å². The predicted octanol–water partition coefficient (Wildman–Crippen LogP) is 5.30. The molecular formula is C23H20BrNO4S. The number of benzene rings is 2. The van der Waals surface area contributed by atoms with Crippen LogP contribution < -0.4 is 5.32 Å². The molecule has 2 aromatic carbocycles. The quantitative estimate of drug-likeness (QED) is 0.328. The molecule has 0 fully saturated rings. The van der Waals surface area contributed by atoms with Gasteiger partial charge in [0.2, 0.25) is 5.78 Å². The lowest BCUT2D eigenvalue weighted by atomic mass is 10.0. The molecule has 1 unspecified atom stereocenters. The van der Waals surface area contributed by atoms with Gasteiger partial charge in [-0.05, 0) is 42.1 Å². The van der Waals surface area contributed by atoms with Crippen LogP contribution in [0.15, 0.2) is 70.5 Å². The van der Waals surface area contributed by atoms with Crippen molar-refractivity contribution in [2.24, 2.45) is 0 Å². The average Bonchev–Trinajstić information content (AvgIpc) is 3.28. The number of aryl methyl sites for hydroxylation is 1. The number of rotatable bonds is 9. The van der Waals surface area contributed by atoms with Gasteiger partial charge in [-0.25, -0.2) is 4.79 Å². The number of nitrogens with one attached hydrogen (secondary N) is 1. The maximum absolute atomic E-state index is 12.8. The van der Waals surface area contributed by atoms with Crippen LogP contribution in [0.2, 0.25) is 0 Å². The molecule has 0 aliphatic rings. The first kappa shape index (κ1) is 21.9. The van der Waals surface area contributed by atoms with E-state index in [0.29, 0.717) is 16.1 Å². The van der Waals surface area contributed by atoms with Crippen molar-refractivity contribution in [1.29, 1.82) is 0 Å². The minimum atomic E-state index is -0.922. The van der Waals surface area contributed by atoms with Crippen LogP contribution in [0, 0.1) is 6.92 Å². The van der Waals surface area contributed by atoms with Crippen molar-refractivity contribution in [3.8, 4) is 0 Å². The van der Waals surface area contributed by atoms with Crippen LogP contribution in [0.1, 0.15) is 32.0 Å². The molecule has 0 aliphatic heterocycles. The van der Waals surface area contributed by atoms with Crippen molar-refractivity contribution in [3.63, 3.8) is 0 Å². The van der Waals surface area contributed by atoms with Gasteiger partial charge in [0.25, 0.3) is 0 Å². The standard InChI is InChI=1S/C23H20BrNO4S/c1-15-12-17(24)9-10-18(15)25-19(13-20(26)16-6-3-2-4-7-16)23(28)29-14-21(27)22-8-5-11-30-22/h2-12,19,25H,13-14H2,1H3.